The van der Waals surface area contributed by atoms with Crippen LogP contribution >= 0.6 is 0 Å². The number of fused-ring (bicyclic) bond motifs is 3. The molecule has 0 saturated carbocycles. The Bertz CT molecular complexity index is 1570. The van der Waals surface area contributed by atoms with Crippen LogP contribution in [-0.4, -0.2) is 81.9 Å². The second-order valence-corrected chi connectivity index (χ2v) is 10.5. The van der Waals surface area contributed by atoms with E-state index in [1.54, 1.807) is 38.4 Å². The highest BCUT2D eigenvalue weighted by atomic mass is 16.5. The number of phenols is 1. The highest BCUT2D eigenvalue weighted by Crippen LogP contribution is 2.53. The minimum absolute atomic E-state index is 0.0353. The average Bonchev–Trinajstić information content (AvgIpc) is 2.90. The van der Waals surface area contributed by atoms with Crippen molar-refractivity contribution < 1.29 is 44.3 Å². The third-order valence-electron chi connectivity index (χ3n) is 8.26. The van der Waals surface area contributed by atoms with Crippen LogP contribution in [-0.2, 0) is 16.0 Å². The van der Waals surface area contributed by atoms with E-state index >= 15 is 0 Å². The summed E-state index contributed by atoms with van der Waals surface area (Å²) in [5.41, 5.74) is 3.23. The van der Waals surface area contributed by atoms with Gasteiger partial charge in [0.15, 0.2) is 11.4 Å². The molecule has 2 aromatic carbocycles. The molecule has 0 unspecified atom stereocenters. The van der Waals surface area contributed by atoms with Gasteiger partial charge < -0.3 is 30.9 Å². The van der Waals surface area contributed by atoms with Crippen LogP contribution in [0.3, 0.4) is 0 Å². The lowest BCUT2D eigenvalue weighted by Crippen LogP contribution is -2.63. The second-order valence-electron chi connectivity index (χ2n) is 10.5. The van der Waals surface area contributed by atoms with Crippen LogP contribution in [0.4, 0.5) is 0 Å². The van der Waals surface area contributed by atoms with Gasteiger partial charge in [-0.2, -0.15) is 0 Å². The number of aliphatic hydroxyl groups is 3. The summed E-state index contributed by atoms with van der Waals surface area (Å²) >= 11 is 0. The number of carbonyl (C=O) groups is 4. The normalized spacial score (nSPS) is 25.9. The van der Waals surface area contributed by atoms with Gasteiger partial charge in [0.1, 0.15) is 34.9 Å². The number of benzene rings is 2. The van der Waals surface area contributed by atoms with Crippen LogP contribution in [0.2, 0.25) is 0 Å². The van der Waals surface area contributed by atoms with Gasteiger partial charge in [-0.1, -0.05) is 6.07 Å². The zero-order chi connectivity index (χ0) is 29.3. The van der Waals surface area contributed by atoms with Gasteiger partial charge in [0, 0.05) is 22.6 Å². The second kappa shape index (κ2) is 9.32. The van der Waals surface area contributed by atoms with Gasteiger partial charge in [0.05, 0.1) is 18.7 Å². The molecule has 0 heterocycles. The molecule has 0 aromatic heterocycles. The molecule has 2 aromatic rings. The van der Waals surface area contributed by atoms with Crippen molar-refractivity contribution in [3.8, 4) is 22.6 Å². The van der Waals surface area contributed by atoms with Crippen molar-refractivity contribution in [3.05, 3.63) is 69.7 Å². The number of phenolic OH excluding ortho intramolecular Hbond substituents is 1. The number of allylic oxidation sites excluding steroid dienone is 1. The fraction of sp³-hybridized carbons (Fsp3) is 0.310. The van der Waals surface area contributed by atoms with E-state index in [2.05, 4.69) is 0 Å². The lowest BCUT2D eigenvalue weighted by Gasteiger charge is -2.50. The predicted molar refractivity (Wildman–Crippen MR) is 141 cm³/mol. The van der Waals surface area contributed by atoms with Crippen LogP contribution in [0.25, 0.3) is 11.1 Å². The molecule has 0 fully saturated rings. The molecule has 40 heavy (non-hydrogen) atoms. The third kappa shape index (κ3) is 3.58. The molecule has 0 radical (unpaired) electrons. The van der Waals surface area contributed by atoms with E-state index in [4.69, 9.17) is 10.5 Å². The molecule has 11 nitrogen and oxygen atoms in total. The van der Waals surface area contributed by atoms with Crippen LogP contribution < -0.4 is 10.5 Å². The first-order valence-electron chi connectivity index (χ1n) is 12.5. The van der Waals surface area contributed by atoms with E-state index < -0.39 is 58.0 Å². The van der Waals surface area contributed by atoms with Crippen molar-refractivity contribution in [2.45, 2.75) is 24.5 Å². The maximum Gasteiger partial charge on any atom is 0.255 e. The van der Waals surface area contributed by atoms with Crippen molar-refractivity contribution in [2.24, 2.45) is 17.6 Å². The molecular weight excluding hydrogens is 520 g/mol. The van der Waals surface area contributed by atoms with E-state index in [1.165, 1.54) is 18.1 Å². The Morgan fingerprint density at radius 1 is 1.12 bits per heavy atom. The summed E-state index contributed by atoms with van der Waals surface area (Å²) in [5, 5.41) is 44.8. The molecule has 208 valence electrons. The molecule has 3 aliphatic carbocycles. The van der Waals surface area contributed by atoms with E-state index in [-0.39, 0.29) is 29.7 Å². The molecule has 3 aliphatic rings. The monoisotopic (exact) mass is 548 g/mol. The summed E-state index contributed by atoms with van der Waals surface area (Å²) in [4.78, 5) is 52.4. The van der Waals surface area contributed by atoms with E-state index in [0.29, 0.717) is 34.3 Å². The molecule has 1 amide bonds. The minimum atomic E-state index is -2.71. The molecule has 11 heteroatoms. The molecule has 0 bridgehead atoms. The summed E-state index contributed by atoms with van der Waals surface area (Å²) in [7, 11) is 4.59. The zero-order valence-corrected chi connectivity index (χ0v) is 22.0. The number of Topliss-reactive ketones (excluding diaryl/α,β-unsaturated/α-hetero) is 2. The van der Waals surface area contributed by atoms with Crippen molar-refractivity contribution in [3.63, 3.8) is 0 Å². The molecule has 0 saturated heterocycles. The molecule has 4 atom stereocenters. The average molecular weight is 549 g/mol. The number of aldehydes is 1. The van der Waals surface area contributed by atoms with Gasteiger partial charge >= 0.3 is 0 Å². The van der Waals surface area contributed by atoms with Crippen LogP contribution in [0.5, 0.6) is 11.5 Å². The number of carbonyl (C=O) groups excluding carboxylic acids is 4. The maximum absolute atomic E-state index is 13.9. The van der Waals surface area contributed by atoms with Gasteiger partial charge in [-0.05, 0) is 68.2 Å². The van der Waals surface area contributed by atoms with Gasteiger partial charge in [-0.15, -0.1) is 0 Å². The number of hydrogen-bond acceptors (Lipinski definition) is 10. The summed E-state index contributed by atoms with van der Waals surface area (Å²) in [6.45, 7) is 0. The standard InChI is InChI=1S/C29H28N2O9/c1-31(2)23-17-10-13-9-16-14(15-8-12(11-32)4-7-19(15)40-3)5-6-18(33)21(16)24(34)20(13)26(36)29(17,39)27(37)22(25(23)35)28(30)38/h4-8,11,13,17,23,33,35-36,39H,9-10H2,1-3H3,(H2,30,38)/t13-,17-,23+,29-/m1/s1. The predicted octanol–water partition coefficient (Wildman–Crippen LogP) is 1.61. The first kappa shape index (κ1) is 27.1. The largest absolute Gasteiger partial charge is 0.510 e. The maximum atomic E-state index is 13.9. The van der Waals surface area contributed by atoms with Crippen molar-refractivity contribution in [2.75, 3.05) is 21.2 Å². The minimum Gasteiger partial charge on any atom is -0.510 e. The number of nitrogens with zero attached hydrogens (tertiary/aromatic N) is 1. The number of ketones is 2. The van der Waals surface area contributed by atoms with Gasteiger partial charge in [0.25, 0.3) is 5.91 Å². The van der Waals surface area contributed by atoms with E-state index in [0.717, 1.165) is 0 Å². The lowest BCUT2D eigenvalue weighted by atomic mass is 9.58. The SMILES string of the molecule is COc1ccc(C=O)cc1-c1ccc(O)c2c1C[C@@H]1C[C@@H]3[C@H](N(C)C)C(O)=C(C(N)=O)C(=O)[C@]3(O)C(O)=C1C2=O. The number of hydrogen-bond donors (Lipinski definition) is 5. The summed E-state index contributed by atoms with van der Waals surface area (Å²) < 4.78 is 5.49. The Morgan fingerprint density at radius 2 is 1.82 bits per heavy atom. The topological polar surface area (TPSA) is 188 Å². The van der Waals surface area contributed by atoms with Crippen molar-refractivity contribution in [1.29, 1.82) is 0 Å². The summed E-state index contributed by atoms with van der Waals surface area (Å²) in [6.07, 6.45) is 0.739. The molecule has 5 rings (SSSR count). The van der Waals surface area contributed by atoms with Crippen LogP contribution in [0.1, 0.15) is 32.7 Å². The number of aromatic hydroxyl groups is 1. The number of rotatable bonds is 5. The van der Waals surface area contributed by atoms with E-state index in [1.807, 2.05) is 0 Å². The van der Waals surface area contributed by atoms with Gasteiger partial charge in [-0.3, -0.25) is 24.1 Å². The Balaban J connectivity index is 1.74. The van der Waals surface area contributed by atoms with Gasteiger partial charge in [0.2, 0.25) is 5.78 Å². The fourth-order valence-electron chi connectivity index (χ4n) is 6.51. The number of primary amides is 1. The van der Waals surface area contributed by atoms with E-state index in [9.17, 15) is 39.6 Å². The van der Waals surface area contributed by atoms with Gasteiger partial charge in [-0.25, -0.2) is 0 Å². The molecule has 0 aliphatic heterocycles. The zero-order valence-electron chi connectivity index (χ0n) is 22.0. The lowest BCUT2D eigenvalue weighted by molar-refractivity contribution is -0.148. The number of ether oxygens (including phenoxy) is 1. The van der Waals surface area contributed by atoms with Crippen molar-refractivity contribution >= 4 is 23.8 Å². The Hall–Kier alpha value is -4.48. The number of aliphatic hydroxyl groups excluding tert-OH is 2. The first-order valence-corrected chi connectivity index (χ1v) is 12.5. The molecular formula is C29H28N2O9. The third-order valence-corrected chi connectivity index (χ3v) is 8.26. The summed E-state index contributed by atoms with van der Waals surface area (Å²) in [6, 6.07) is 6.61. The molecule has 0 spiro atoms. The van der Waals surface area contributed by atoms with Crippen molar-refractivity contribution in [1.82, 2.24) is 4.90 Å². The Labute approximate surface area is 228 Å². The first-order chi connectivity index (χ1) is 18.9. The number of likely N-dealkylation sites (N-methyl/N-ethyl adjacent to an activating group) is 1. The van der Waals surface area contributed by atoms with Crippen LogP contribution in [0.15, 0.2) is 53.0 Å². The smallest absolute Gasteiger partial charge is 0.255 e. The number of amides is 1. The Kier molecular flexibility index (Phi) is 6.31. The number of nitrogens with two attached hydrogens (primary N) is 1. The fourth-order valence-corrected chi connectivity index (χ4v) is 6.51. The quantitative estimate of drug-likeness (QED) is 0.271. The molecule has 6 N–H and O–H groups in total. The summed E-state index contributed by atoms with van der Waals surface area (Å²) in [5.74, 6) is -6.76. The number of methoxy groups -OCH3 is 1. The Morgan fingerprint density at radius 3 is 2.42 bits per heavy atom. The highest BCUT2D eigenvalue weighted by Gasteiger charge is 2.63. The van der Waals surface area contributed by atoms with Crippen LogP contribution in [0, 0.1) is 11.8 Å². The highest BCUT2D eigenvalue weighted by molar-refractivity contribution is 6.25.